The number of halogens is 1. The van der Waals surface area contributed by atoms with Gasteiger partial charge in [0.1, 0.15) is 0 Å². The summed E-state index contributed by atoms with van der Waals surface area (Å²) >= 11 is 0. The van der Waals surface area contributed by atoms with Crippen molar-refractivity contribution in [2.45, 2.75) is 25.8 Å². The number of nitrogens with one attached hydrogen (secondary N) is 3. The molecule has 0 radical (unpaired) electrons. The second-order valence-corrected chi connectivity index (χ2v) is 5.09. The molecule has 5 nitrogen and oxygen atoms in total. The second-order valence-electron chi connectivity index (χ2n) is 5.09. The van der Waals surface area contributed by atoms with E-state index in [4.69, 9.17) is 0 Å². The Morgan fingerprint density at radius 2 is 2.29 bits per heavy atom. The standard InChI is InChI=1S/C15H18N4O.ClH/c1-10(11-8-17-18-9-11)19-15(20)13-4-2-6-14-12(13)5-3-7-16-14;/h2,4,6,8-10,16H,3,5,7H2,1H3,(H,17,18)(H,19,20);1H. The summed E-state index contributed by atoms with van der Waals surface area (Å²) in [5.41, 5.74) is 3.95. The lowest BCUT2D eigenvalue weighted by molar-refractivity contribution is 0.0939. The summed E-state index contributed by atoms with van der Waals surface area (Å²) in [4.78, 5) is 12.5. The Morgan fingerprint density at radius 3 is 3.05 bits per heavy atom. The third-order valence-electron chi connectivity index (χ3n) is 3.71. The van der Waals surface area contributed by atoms with Crippen LogP contribution in [0.5, 0.6) is 0 Å². The Bertz CT molecular complexity index is 612. The molecule has 1 aliphatic rings. The number of nitrogens with zero attached hydrogens (tertiary/aromatic N) is 1. The lowest BCUT2D eigenvalue weighted by Crippen LogP contribution is -2.28. The zero-order valence-electron chi connectivity index (χ0n) is 11.8. The normalized spacial score (nSPS) is 14.3. The topological polar surface area (TPSA) is 69.8 Å². The Labute approximate surface area is 129 Å². The first-order valence-corrected chi connectivity index (χ1v) is 6.91. The minimum Gasteiger partial charge on any atom is -0.385 e. The number of fused-ring (bicyclic) bond motifs is 1. The van der Waals surface area contributed by atoms with Gasteiger partial charge in [-0.15, -0.1) is 12.4 Å². The smallest absolute Gasteiger partial charge is 0.252 e. The summed E-state index contributed by atoms with van der Waals surface area (Å²) in [6, 6.07) is 5.79. The van der Waals surface area contributed by atoms with Crippen molar-refractivity contribution in [3.05, 3.63) is 47.3 Å². The zero-order chi connectivity index (χ0) is 13.9. The van der Waals surface area contributed by atoms with Crippen molar-refractivity contribution in [1.29, 1.82) is 0 Å². The van der Waals surface area contributed by atoms with Crippen LogP contribution in [0, 0.1) is 0 Å². The minimum absolute atomic E-state index is 0. The number of aromatic amines is 1. The first-order valence-electron chi connectivity index (χ1n) is 6.91. The van der Waals surface area contributed by atoms with Crippen molar-refractivity contribution in [2.24, 2.45) is 0 Å². The van der Waals surface area contributed by atoms with E-state index in [0.29, 0.717) is 0 Å². The van der Waals surface area contributed by atoms with Gasteiger partial charge in [0.15, 0.2) is 0 Å². The molecule has 112 valence electrons. The summed E-state index contributed by atoms with van der Waals surface area (Å²) in [5.74, 6) is -0.0285. The van der Waals surface area contributed by atoms with Gasteiger partial charge in [-0.3, -0.25) is 9.89 Å². The fraction of sp³-hybridized carbons (Fsp3) is 0.333. The van der Waals surface area contributed by atoms with E-state index in [1.54, 1.807) is 12.4 Å². The molecule has 0 saturated heterocycles. The van der Waals surface area contributed by atoms with Crippen molar-refractivity contribution in [3.63, 3.8) is 0 Å². The number of carbonyl (C=O) groups is 1. The van der Waals surface area contributed by atoms with Crippen LogP contribution < -0.4 is 10.6 Å². The molecule has 1 atom stereocenters. The van der Waals surface area contributed by atoms with Crippen molar-refractivity contribution in [2.75, 3.05) is 11.9 Å². The number of hydrogen-bond donors (Lipinski definition) is 3. The van der Waals surface area contributed by atoms with Crippen LogP contribution in [-0.2, 0) is 6.42 Å². The van der Waals surface area contributed by atoms with Crippen LogP contribution in [0.1, 0.15) is 40.9 Å². The number of rotatable bonds is 3. The van der Waals surface area contributed by atoms with Crippen LogP contribution in [0.25, 0.3) is 0 Å². The van der Waals surface area contributed by atoms with E-state index in [2.05, 4.69) is 20.8 Å². The SMILES string of the molecule is CC(NC(=O)c1cccc2c1CCCN2)c1cn[nH]c1.Cl. The van der Waals surface area contributed by atoms with Crippen LogP contribution in [0.3, 0.4) is 0 Å². The molecule has 3 N–H and O–H groups in total. The number of anilines is 1. The average molecular weight is 307 g/mol. The molecule has 0 spiro atoms. The summed E-state index contributed by atoms with van der Waals surface area (Å²) in [6.07, 6.45) is 5.54. The Hall–Kier alpha value is -2.01. The van der Waals surface area contributed by atoms with Crippen LogP contribution >= 0.6 is 12.4 Å². The first kappa shape index (κ1) is 15.4. The lowest BCUT2D eigenvalue weighted by atomic mass is 9.97. The van der Waals surface area contributed by atoms with E-state index in [-0.39, 0.29) is 24.4 Å². The maximum atomic E-state index is 12.5. The van der Waals surface area contributed by atoms with Gasteiger partial charge in [0.2, 0.25) is 0 Å². The fourth-order valence-electron chi connectivity index (χ4n) is 2.58. The summed E-state index contributed by atoms with van der Waals surface area (Å²) in [7, 11) is 0. The largest absolute Gasteiger partial charge is 0.385 e. The van der Waals surface area contributed by atoms with Crippen LogP contribution in [-0.4, -0.2) is 22.6 Å². The molecule has 1 amide bonds. The maximum absolute atomic E-state index is 12.5. The summed E-state index contributed by atoms with van der Waals surface area (Å²) < 4.78 is 0. The predicted octanol–water partition coefficient (Wildman–Crippen LogP) is 2.68. The minimum atomic E-state index is -0.0614. The highest BCUT2D eigenvalue weighted by Crippen LogP contribution is 2.25. The zero-order valence-corrected chi connectivity index (χ0v) is 12.7. The van der Waals surface area contributed by atoms with Gasteiger partial charge >= 0.3 is 0 Å². The molecule has 3 rings (SSSR count). The molecule has 1 aromatic heterocycles. The molecule has 1 aliphatic heterocycles. The van der Waals surface area contributed by atoms with Gasteiger partial charge in [-0.2, -0.15) is 5.10 Å². The number of benzene rings is 1. The molecule has 2 aromatic rings. The molecule has 1 unspecified atom stereocenters. The number of H-pyrrole nitrogens is 1. The highest BCUT2D eigenvalue weighted by Gasteiger charge is 2.19. The van der Waals surface area contributed by atoms with Crippen LogP contribution in [0.2, 0.25) is 0 Å². The second kappa shape index (κ2) is 6.63. The van der Waals surface area contributed by atoms with Crippen molar-refractivity contribution >= 4 is 24.0 Å². The number of carbonyl (C=O) groups excluding carboxylic acids is 1. The molecule has 0 fully saturated rings. The van der Waals surface area contributed by atoms with Gasteiger partial charge in [0.05, 0.1) is 12.2 Å². The highest BCUT2D eigenvalue weighted by molar-refractivity contribution is 5.97. The van der Waals surface area contributed by atoms with Crippen molar-refractivity contribution < 1.29 is 4.79 Å². The molecule has 0 saturated carbocycles. The first-order chi connectivity index (χ1) is 9.75. The molecule has 6 heteroatoms. The fourth-order valence-corrected chi connectivity index (χ4v) is 2.58. The molecule has 2 heterocycles. The molecule has 21 heavy (non-hydrogen) atoms. The Kier molecular flexibility index (Phi) is 4.85. The lowest BCUT2D eigenvalue weighted by Gasteiger charge is -2.21. The third-order valence-corrected chi connectivity index (χ3v) is 3.71. The van der Waals surface area contributed by atoms with Gasteiger partial charge in [0.25, 0.3) is 5.91 Å². The van der Waals surface area contributed by atoms with E-state index < -0.39 is 0 Å². The molecule has 0 bridgehead atoms. The highest BCUT2D eigenvalue weighted by atomic mass is 35.5. The Morgan fingerprint density at radius 1 is 1.43 bits per heavy atom. The monoisotopic (exact) mass is 306 g/mol. The van der Waals surface area contributed by atoms with Crippen LogP contribution in [0.15, 0.2) is 30.6 Å². The van der Waals surface area contributed by atoms with Gasteiger partial charge in [-0.1, -0.05) is 6.07 Å². The molecular formula is C15H19ClN4O. The van der Waals surface area contributed by atoms with Crippen molar-refractivity contribution in [3.8, 4) is 0 Å². The number of aromatic nitrogens is 2. The number of hydrogen-bond acceptors (Lipinski definition) is 3. The molecular weight excluding hydrogens is 288 g/mol. The van der Waals surface area contributed by atoms with Crippen molar-refractivity contribution in [1.82, 2.24) is 15.5 Å². The van der Waals surface area contributed by atoms with E-state index in [1.165, 1.54) is 0 Å². The predicted molar refractivity (Wildman–Crippen MR) is 85.0 cm³/mol. The van der Waals surface area contributed by atoms with Gasteiger partial charge < -0.3 is 10.6 Å². The van der Waals surface area contributed by atoms with Gasteiger partial charge in [-0.05, 0) is 37.5 Å². The van der Waals surface area contributed by atoms with E-state index in [9.17, 15) is 4.79 Å². The molecule has 1 aromatic carbocycles. The quantitative estimate of drug-likeness (QED) is 0.816. The molecule has 0 aliphatic carbocycles. The summed E-state index contributed by atoms with van der Waals surface area (Å²) in [5, 5.41) is 13.0. The maximum Gasteiger partial charge on any atom is 0.252 e. The van der Waals surface area contributed by atoms with E-state index in [0.717, 1.165) is 41.8 Å². The van der Waals surface area contributed by atoms with Crippen LogP contribution in [0.4, 0.5) is 5.69 Å². The van der Waals surface area contributed by atoms with E-state index >= 15 is 0 Å². The number of amides is 1. The van der Waals surface area contributed by atoms with E-state index in [1.807, 2.05) is 25.1 Å². The average Bonchev–Trinajstić information content (AvgIpc) is 3.01. The third kappa shape index (κ3) is 3.19. The summed E-state index contributed by atoms with van der Waals surface area (Å²) in [6.45, 7) is 2.93. The Balaban J connectivity index is 0.00000161. The van der Waals surface area contributed by atoms with Gasteiger partial charge in [0, 0.05) is 29.6 Å². The van der Waals surface area contributed by atoms with Gasteiger partial charge in [-0.25, -0.2) is 0 Å².